The second-order valence-corrected chi connectivity index (χ2v) is 4.35. The Bertz CT molecular complexity index is 299. The molecule has 0 aliphatic heterocycles. The van der Waals surface area contributed by atoms with Crippen molar-refractivity contribution in [2.45, 2.75) is 31.7 Å². The van der Waals surface area contributed by atoms with Crippen molar-refractivity contribution < 1.29 is 0 Å². The molecule has 1 aromatic carbocycles. The fourth-order valence-electron chi connectivity index (χ4n) is 2.37. The third kappa shape index (κ3) is 2.25. The van der Waals surface area contributed by atoms with Gasteiger partial charge in [-0.05, 0) is 37.1 Å². The van der Waals surface area contributed by atoms with Crippen LogP contribution in [0.3, 0.4) is 0 Å². The topological polar surface area (TPSA) is 15.3 Å². The molecule has 1 aliphatic rings. The quantitative estimate of drug-likeness (QED) is 0.814. The normalized spacial score (nSPS) is 16.7. The maximum atomic E-state index is 3.14. The molecule has 0 bridgehead atoms. The molecule has 0 heterocycles. The summed E-state index contributed by atoms with van der Waals surface area (Å²) in [6, 6.07) is 9.43. The molecule has 82 valence electrons. The van der Waals surface area contributed by atoms with Gasteiger partial charge in [0.05, 0.1) is 0 Å². The molecule has 0 radical (unpaired) electrons. The summed E-state index contributed by atoms with van der Waals surface area (Å²) in [5, 5.41) is 3.14. The van der Waals surface area contributed by atoms with Crippen molar-refractivity contribution in [2.75, 3.05) is 24.3 Å². The van der Waals surface area contributed by atoms with Gasteiger partial charge in [0.2, 0.25) is 0 Å². The van der Waals surface area contributed by atoms with Crippen molar-refractivity contribution in [3.63, 3.8) is 0 Å². The maximum Gasteiger partial charge on any atom is 0.0367 e. The van der Waals surface area contributed by atoms with E-state index >= 15 is 0 Å². The molecule has 1 aromatic rings. The number of nitrogens with zero attached hydrogens (tertiary/aromatic N) is 1. The van der Waals surface area contributed by atoms with Gasteiger partial charge in [0.1, 0.15) is 0 Å². The third-order valence-electron chi connectivity index (χ3n) is 3.44. The van der Waals surface area contributed by atoms with Crippen LogP contribution in [0.25, 0.3) is 0 Å². The van der Waals surface area contributed by atoms with Gasteiger partial charge in [-0.2, -0.15) is 0 Å². The molecule has 15 heavy (non-hydrogen) atoms. The van der Waals surface area contributed by atoms with E-state index in [0.29, 0.717) is 0 Å². The standard InChI is InChI=1S/C13H20N2/c1-14-11-7-9-13(10-8-11)15(2)12-5-3-4-6-12/h7-10,12,14H,3-6H2,1-2H3. The fraction of sp³-hybridized carbons (Fsp3) is 0.538. The number of benzene rings is 1. The summed E-state index contributed by atoms with van der Waals surface area (Å²) < 4.78 is 0. The van der Waals surface area contributed by atoms with Gasteiger partial charge < -0.3 is 10.2 Å². The molecule has 2 heteroatoms. The van der Waals surface area contributed by atoms with Crippen molar-refractivity contribution in [1.29, 1.82) is 0 Å². The molecule has 0 unspecified atom stereocenters. The number of nitrogens with one attached hydrogen (secondary N) is 1. The Balaban J connectivity index is 2.07. The highest BCUT2D eigenvalue weighted by Gasteiger charge is 2.19. The van der Waals surface area contributed by atoms with E-state index in [2.05, 4.69) is 41.5 Å². The van der Waals surface area contributed by atoms with Gasteiger partial charge in [0.15, 0.2) is 0 Å². The number of hydrogen-bond donors (Lipinski definition) is 1. The molecule has 0 atom stereocenters. The van der Waals surface area contributed by atoms with Crippen LogP contribution in [-0.2, 0) is 0 Å². The van der Waals surface area contributed by atoms with Crippen LogP contribution in [0, 0.1) is 0 Å². The Kier molecular flexibility index (Phi) is 3.14. The molecule has 1 fully saturated rings. The highest BCUT2D eigenvalue weighted by atomic mass is 15.1. The molecule has 1 aliphatic carbocycles. The van der Waals surface area contributed by atoms with Gasteiger partial charge in [-0.1, -0.05) is 12.8 Å². The van der Waals surface area contributed by atoms with E-state index in [4.69, 9.17) is 0 Å². The Hall–Kier alpha value is -1.18. The van der Waals surface area contributed by atoms with E-state index in [9.17, 15) is 0 Å². The lowest BCUT2D eigenvalue weighted by molar-refractivity contribution is 0.653. The maximum absolute atomic E-state index is 3.14. The summed E-state index contributed by atoms with van der Waals surface area (Å²) in [6.45, 7) is 0. The van der Waals surface area contributed by atoms with Crippen molar-refractivity contribution in [3.8, 4) is 0 Å². The molecule has 1 saturated carbocycles. The Labute approximate surface area is 92.3 Å². The lowest BCUT2D eigenvalue weighted by Crippen LogP contribution is -2.28. The summed E-state index contributed by atoms with van der Waals surface area (Å²) in [5.74, 6) is 0. The van der Waals surface area contributed by atoms with E-state index < -0.39 is 0 Å². The van der Waals surface area contributed by atoms with Crippen molar-refractivity contribution in [1.82, 2.24) is 0 Å². The second kappa shape index (κ2) is 4.56. The summed E-state index contributed by atoms with van der Waals surface area (Å²) in [6.07, 6.45) is 5.49. The average Bonchev–Trinajstić information content (AvgIpc) is 2.82. The van der Waals surface area contributed by atoms with Crippen LogP contribution in [0.5, 0.6) is 0 Å². The summed E-state index contributed by atoms with van der Waals surface area (Å²) >= 11 is 0. The first kappa shape index (κ1) is 10.3. The Morgan fingerprint density at radius 3 is 2.27 bits per heavy atom. The zero-order valence-electron chi connectivity index (χ0n) is 9.66. The zero-order chi connectivity index (χ0) is 10.7. The van der Waals surface area contributed by atoms with E-state index in [1.807, 2.05) is 7.05 Å². The number of hydrogen-bond acceptors (Lipinski definition) is 2. The lowest BCUT2D eigenvalue weighted by Gasteiger charge is -2.26. The third-order valence-corrected chi connectivity index (χ3v) is 3.44. The molecule has 2 rings (SSSR count). The van der Waals surface area contributed by atoms with Crippen LogP contribution >= 0.6 is 0 Å². The largest absolute Gasteiger partial charge is 0.388 e. The predicted octanol–water partition coefficient (Wildman–Crippen LogP) is 3.11. The second-order valence-electron chi connectivity index (χ2n) is 4.35. The smallest absolute Gasteiger partial charge is 0.0367 e. The van der Waals surface area contributed by atoms with Crippen LogP contribution in [-0.4, -0.2) is 20.1 Å². The van der Waals surface area contributed by atoms with Crippen molar-refractivity contribution in [2.24, 2.45) is 0 Å². The molecule has 2 nitrogen and oxygen atoms in total. The first-order valence-electron chi connectivity index (χ1n) is 5.82. The van der Waals surface area contributed by atoms with Gasteiger partial charge in [0.25, 0.3) is 0 Å². The highest BCUT2D eigenvalue weighted by molar-refractivity contribution is 5.55. The SMILES string of the molecule is CNc1ccc(N(C)C2CCCC2)cc1. The van der Waals surface area contributed by atoms with Gasteiger partial charge >= 0.3 is 0 Å². The summed E-state index contributed by atoms with van der Waals surface area (Å²) in [4.78, 5) is 2.42. The van der Waals surface area contributed by atoms with E-state index in [-0.39, 0.29) is 0 Å². The van der Waals surface area contributed by atoms with Gasteiger partial charge in [-0.25, -0.2) is 0 Å². The van der Waals surface area contributed by atoms with E-state index in [0.717, 1.165) is 6.04 Å². The molecule has 0 saturated heterocycles. The van der Waals surface area contributed by atoms with Crippen LogP contribution < -0.4 is 10.2 Å². The van der Waals surface area contributed by atoms with E-state index in [1.165, 1.54) is 37.1 Å². The lowest BCUT2D eigenvalue weighted by atomic mass is 10.2. The Morgan fingerprint density at radius 1 is 1.13 bits per heavy atom. The first-order valence-corrected chi connectivity index (χ1v) is 5.82. The molecular formula is C13H20N2. The van der Waals surface area contributed by atoms with Gasteiger partial charge in [-0.15, -0.1) is 0 Å². The predicted molar refractivity (Wildman–Crippen MR) is 66.6 cm³/mol. The minimum Gasteiger partial charge on any atom is -0.388 e. The summed E-state index contributed by atoms with van der Waals surface area (Å²) in [5.41, 5.74) is 2.51. The van der Waals surface area contributed by atoms with Gasteiger partial charge in [0, 0.05) is 31.5 Å². The Morgan fingerprint density at radius 2 is 1.73 bits per heavy atom. The van der Waals surface area contributed by atoms with Crippen LogP contribution in [0.4, 0.5) is 11.4 Å². The minimum atomic E-state index is 0.755. The monoisotopic (exact) mass is 204 g/mol. The van der Waals surface area contributed by atoms with Crippen LogP contribution in [0.15, 0.2) is 24.3 Å². The molecule has 1 N–H and O–H groups in total. The van der Waals surface area contributed by atoms with Crippen LogP contribution in [0.1, 0.15) is 25.7 Å². The molecule has 0 amide bonds. The van der Waals surface area contributed by atoms with Crippen molar-refractivity contribution in [3.05, 3.63) is 24.3 Å². The minimum absolute atomic E-state index is 0.755. The van der Waals surface area contributed by atoms with Crippen molar-refractivity contribution >= 4 is 11.4 Å². The summed E-state index contributed by atoms with van der Waals surface area (Å²) in [7, 11) is 4.17. The molecule has 0 spiro atoms. The first-order chi connectivity index (χ1) is 7.31. The molecular weight excluding hydrogens is 184 g/mol. The average molecular weight is 204 g/mol. The molecule has 0 aromatic heterocycles. The number of rotatable bonds is 3. The van der Waals surface area contributed by atoms with Gasteiger partial charge in [-0.3, -0.25) is 0 Å². The van der Waals surface area contributed by atoms with E-state index in [1.54, 1.807) is 0 Å². The van der Waals surface area contributed by atoms with Crippen LogP contribution in [0.2, 0.25) is 0 Å². The fourth-order valence-corrected chi connectivity index (χ4v) is 2.37. The number of anilines is 2. The highest BCUT2D eigenvalue weighted by Crippen LogP contribution is 2.27. The zero-order valence-corrected chi connectivity index (χ0v) is 9.66.